The van der Waals surface area contributed by atoms with Gasteiger partial charge in [-0.2, -0.15) is 4.98 Å². The van der Waals surface area contributed by atoms with E-state index in [0.29, 0.717) is 18.5 Å². The maximum absolute atomic E-state index is 5.94. The first-order valence-electron chi connectivity index (χ1n) is 6.99. The highest BCUT2D eigenvalue weighted by atomic mass is 35.5. The van der Waals surface area contributed by atoms with Gasteiger partial charge in [0.15, 0.2) is 0 Å². The van der Waals surface area contributed by atoms with Crippen LogP contribution in [0.25, 0.3) is 10.9 Å². The molecular weight excluding hydrogens is 274 g/mol. The standard InChI is InChI=1S/C15H18ClN3O/c1-19-9-4-5-11(19)8-10-20-14-12-6-2-3-7-13(12)17-15(16)18-14/h2-3,6-7,11H,4-5,8-10H2,1H3. The van der Waals surface area contributed by atoms with Crippen LogP contribution in [0.1, 0.15) is 19.3 Å². The van der Waals surface area contributed by atoms with Gasteiger partial charge in [0.2, 0.25) is 11.2 Å². The zero-order valence-electron chi connectivity index (χ0n) is 11.6. The number of aromatic nitrogens is 2. The summed E-state index contributed by atoms with van der Waals surface area (Å²) in [5.41, 5.74) is 0.820. The second-order valence-electron chi connectivity index (χ2n) is 5.23. The van der Waals surface area contributed by atoms with Gasteiger partial charge in [0.1, 0.15) is 0 Å². The third-order valence-electron chi connectivity index (χ3n) is 3.90. The van der Waals surface area contributed by atoms with Crippen molar-refractivity contribution in [3.63, 3.8) is 0 Å². The van der Waals surface area contributed by atoms with Crippen LogP contribution in [-0.2, 0) is 0 Å². The summed E-state index contributed by atoms with van der Waals surface area (Å²) in [5, 5.41) is 1.15. The molecule has 20 heavy (non-hydrogen) atoms. The Labute approximate surface area is 123 Å². The lowest BCUT2D eigenvalue weighted by Gasteiger charge is -2.19. The van der Waals surface area contributed by atoms with Crippen molar-refractivity contribution in [2.75, 3.05) is 20.2 Å². The SMILES string of the molecule is CN1CCCC1CCOc1nc(Cl)nc2ccccc12. The van der Waals surface area contributed by atoms with Gasteiger partial charge in [-0.15, -0.1) is 0 Å². The first-order valence-corrected chi connectivity index (χ1v) is 7.37. The lowest BCUT2D eigenvalue weighted by Crippen LogP contribution is -2.26. The Hall–Kier alpha value is -1.39. The summed E-state index contributed by atoms with van der Waals surface area (Å²) in [4.78, 5) is 10.8. The molecule has 0 radical (unpaired) electrons. The van der Waals surface area contributed by atoms with Crippen molar-refractivity contribution in [2.45, 2.75) is 25.3 Å². The molecule has 0 saturated carbocycles. The highest BCUT2D eigenvalue weighted by Gasteiger charge is 2.20. The number of ether oxygens (including phenoxy) is 1. The molecule has 5 heteroatoms. The Morgan fingerprint density at radius 2 is 2.20 bits per heavy atom. The van der Waals surface area contributed by atoms with E-state index in [1.165, 1.54) is 19.4 Å². The van der Waals surface area contributed by atoms with Crippen LogP contribution in [0.2, 0.25) is 5.28 Å². The van der Waals surface area contributed by atoms with E-state index in [0.717, 1.165) is 17.3 Å². The minimum atomic E-state index is 0.233. The minimum Gasteiger partial charge on any atom is -0.477 e. The van der Waals surface area contributed by atoms with Gasteiger partial charge in [-0.05, 0) is 56.6 Å². The summed E-state index contributed by atoms with van der Waals surface area (Å²) < 4.78 is 5.85. The van der Waals surface area contributed by atoms with Crippen molar-refractivity contribution in [2.24, 2.45) is 0 Å². The molecule has 1 aromatic heterocycles. The quantitative estimate of drug-likeness (QED) is 0.811. The fraction of sp³-hybridized carbons (Fsp3) is 0.467. The van der Waals surface area contributed by atoms with Gasteiger partial charge >= 0.3 is 0 Å². The smallest absolute Gasteiger partial charge is 0.226 e. The molecule has 0 spiro atoms. The third-order valence-corrected chi connectivity index (χ3v) is 4.07. The number of likely N-dealkylation sites (tertiary alicyclic amines) is 1. The minimum absolute atomic E-state index is 0.233. The van der Waals surface area contributed by atoms with Crippen molar-refractivity contribution in [3.05, 3.63) is 29.5 Å². The predicted octanol–water partition coefficient (Wildman–Crippen LogP) is 3.15. The Morgan fingerprint density at radius 1 is 1.35 bits per heavy atom. The van der Waals surface area contributed by atoms with Gasteiger partial charge in [0.05, 0.1) is 17.5 Å². The predicted molar refractivity (Wildman–Crippen MR) is 80.3 cm³/mol. The van der Waals surface area contributed by atoms with Crippen molar-refractivity contribution < 1.29 is 4.74 Å². The van der Waals surface area contributed by atoms with Crippen molar-refractivity contribution in [3.8, 4) is 5.88 Å². The summed E-state index contributed by atoms with van der Waals surface area (Å²) in [6.07, 6.45) is 3.56. The van der Waals surface area contributed by atoms with Crippen LogP contribution < -0.4 is 4.74 Å². The summed E-state index contributed by atoms with van der Waals surface area (Å²) in [6.45, 7) is 1.85. The van der Waals surface area contributed by atoms with Crippen LogP contribution in [0, 0.1) is 0 Å². The molecule has 1 atom stereocenters. The molecule has 0 bridgehead atoms. The van der Waals surface area contributed by atoms with Gasteiger partial charge in [-0.1, -0.05) is 12.1 Å². The van der Waals surface area contributed by atoms with E-state index in [2.05, 4.69) is 21.9 Å². The van der Waals surface area contributed by atoms with E-state index in [9.17, 15) is 0 Å². The number of hydrogen-bond acceptors (Lipinski definition) is 4. The topological polar surface area (TPSA) is 38.2 Å². The fourth-order valence-electron chi connectivity index (χ4n) is 2.77. The lowest BCUT2D eigenvalue weighted by molar-refractivity contribution is 0.230. The Morgan fingerprint density at radius 3 is 3.00 bits per heavy atom. The second kappa shape index (κ2) is 5.94. The zero-order chi connectivity index (χ0) is 13.9. The number of rotatable bonds is 4. The van der Waals surface area contributed by atoms with Gasteiger partial charge in [-0.3, -0.25) is 0 Å². The van der Waals surface area contributed by atoms with E-state index in [4.69, 9.17) is 16.3 Å². The number of para-hydroxylation sites is 1. The van der Waals surface area contributed by atoms with E-state index in [1.807, 2.05) is 24.3 Å². The van der Waals surface area contributed by atoms with Crippen LogP contribution in [-0.4, -0.2) is 41.1 Å². The molecule has 1 fully saturated rings. The molecule has 2 heterocycles. The summed E-state index contributed by atoms with van der Waals surface area (Å²) >= 11 is 5.94. The Bertz CT molecular complexity index is 605. The third kappa shape index (κ3) is 2.86. The van der Waals surface area contributed by atoms with Gasteiger partial charge < -0.3 is 9.64 Å². The molecule has 0 amide bonds. The molecule has 1 aliphatic heterocycles. The Balaban J connectivity index is 1.71. The molecular formula is C15H18ClN3O. The molecule has 0 aliphatic carbocycles. The monoisotopic (exact) mass is 291 g/mol. The molecule has 1 aromatic carbocycles. The summed E-state index contributed by atoms with van der Waals surface area (Å²) in [6, 6.07) is 8.39. The second-order valence-corrected chi connectivity index (χ2v) is 5.57. The highest BCUT2D eigenvalue weighted by Crippen LogP contribution is 2.24. The molecule has 2 aromatic rings. The van der Waals surface area contributed by atoms with Crippen molar-refractivity contribution >= 4 is 22.5 Å². The van der Waals surface area contributed by atoms with Crippen molar-refractivity contribution in [1.29, 1.82) is 0 Å². The van der Waals surface area contributed by atoms with E-state index < -0.39 is 0 Å². The van der Waals surface area contributed by atoms with Crippen LogP contribution in [0.15, 0.2) is 24.3 Å². The Kier molecular flexibility index (Phi) is 4.03. The average molecular weight is 292 g/mol. The first kappa shape index (κ1) is 13.6. The van der Waals surface area contributed by atoms with E-state index >= 15 is 0 Å². The van der Waals surface area contributed by atoms with Gasteiger partial charge in [-0.25, -0.2) is 4.98 Å². The van der Waals surface area contributed by atoms with E-state index in [-0.39, 0.29) is 5.28 Å². The van der Waals surface area contributed by atoms with Crippen LogP contribution in [0.3, 0.4) is 0 Å². The molecule has 3 rings (SSSR count). The number of nitrogens with zero attached hydrogens (tertiary/aromatic N) is 3. The molecule has 106 valence electrons. The molecule has 1 saturated heterocycles. The van der Waals surface area contributed by atoms with E-state index in [1.54, 1.807) is 0 Å². The molecule has 1 unspecified atom stereocenters. The summed E-state index contributed by atoms with van der Waals surface area (Å²) in [5.74, 6) is 0.584. The fourth-order valence-corrected chi connectivity index (χ4v) is 2.93. The maximum atomic E-state index is 5.94. The lowest BCUT2D eigenvalue weighted by atomic mass is 10.1. The number of benzene rings is 1. The van der Waals surface area contributed by atoms with Crippen LogP contribution in [0.5, 0.6) is 5.88 Å². The molecule has 4 nitrogen and oxygen atoms in total. The first-order chi connectivity index (χ1) is 9.74. The van der Waals surface area contributed by atoms with Crippen LogP contribution in [0.4, 0.5) is 0 Å². The number of hydrogen-bond donors (Lipinski definition) is 0. The normalized spacial score (nSPS) is 19.6. The number of fused-ring (bicyclic) bond motifs is 1. The highest BCUT2D eigenvalue weighted by molar-refractivity contribution is 6.28. The zero-order valence-corrected chi connectivity index (χ0v) is 12.3. The van der Waals surface area contributed by atoms with Crippen molar-refractivity contribution in [1.82, 2.24) is 14.9 Å². The van der Waals surface area contributed by atoms with Crippen LogP contribution >= 0.6 is 11.6 Å². The average Bonchev–Trinajstić information content (AvgIpc) is 2.84. The van der Waals surface area contributed by atoms with Gasteiger partial charge in [0.25, 0.3) is 0 Å². The largest absolute Gasteiger partial charge is 0.477 e. The molecule has 0 N–H and O–H groups in total. The molecule has 1 aliphatic rings. The van der Waals surface area contributed by atoms with Gasteiger partial charge in [0, 0.05) is 6.04 Å². The number of halogens is 1. The summed E-state index contributed by atoms with van der Waals surface area (Å²) in [7, 11) is 2.18. The maximum Gasteiger partial charge on any atom is 0.226 e.